The number of hydrogen-bond acceptors (Lipinski definition) is 8. The van der Waals surface area contributed by atoms with Crippen molar-refractivity contribution in [2.24, 2.45) is 11.8 Å². The Hall–Kier alpha value is -3.90. The zero-order valence-electron chi connectivity index (χ0n) is 32.2. The molecule has 0 aromatic heterocycles. The van der Waals surface area contributed by atoms with E-state index in [1.54, 1.807) is 16.7 Å². The van der Waals surface area contributed by atoms with Crippen molar-refractivity contribution in [2.45, 2.75) is 107 Å². The van der Waals surface area contributed by atoms with Gasteiger partial charge in [-0.2, -0.15) is 0 Å². The van der Waals surface area contributed by atoms with Crippen LogP contribution < -0.4 is 10.6 Å². The maximum atomic E-state index is 14.3. The predicted molar refractivity (Wildman–Crippen MR) is 219 cm³/mol. The number of rotatable bonds is 14. The number of aliphatic hydroxyl groups excluding tert-OH is 1. The minimum Gasteiger partial charge on any atom is -0.467 e. The van der Waals surface area contributed by atoms with Gasteiger partial charge in [-0.05, 0) is 99.1 Å². The topological polar surface area (TPSA) is 128 Å². The SMILES string of the molecule is COC(=O)C1CCCC2SCCC(NC(=O)C(CCC(Cc3ccccc3)C(=O)NC3CCCCN(Cc4ccccc4Cl)C3O)Cc3ccccc3)C(=O)N21. The fourth-order valence-electron chi connectivity index (χ4n) is 8.37. The molecule has 10 nitrogen and oxygen atoms in total. The molecule has 6 rings (SSSR count). The number of aliphatic hydroxyl groups is 1. The van der Waals surface area contributed by atoms with E-state index in [9.17, 15) is 24.3 Å². The van der Waals surface area contributed by atoms with Crippen molar-refractivity contribution in [3.05, 3.63) is 107 Å². The van der Waals surface area contributed by atoms with Crippen LogP contribution in [0.2, 0.25) is 5.02 Å². The largest absolute Gasteiger partial charge is 0.467 e. The van der Waals surface area contributed by atoms with Crippen LogP contribution in [-0.2, 0) is 43.3 Å². The molecular formula is C44H55ClN4O6S. The Kier molecular flexibility index (Phi) is 15.3. The summed E-state index contributed by atoms with van der Waals surface area (Å²) in [6.45, 7) is 1.16. The van der Waals surface area contributed by atoms with E-state index in [4.69, 9.17) is 16.3 Å². The number of amides is 3. The molecule has 56 heavy (non-hydrogen) atoms. The maximum absolute atomic E-state index is 14.3. The van der Waals surface area contributed by atoms with E-state index < -0.39 is 42.2 Å². The van der Waals surface area contributed by atoms with Crippen molar-refractivity contribution in [1.82, 2.24) is 20.4 Å². The van der Waals surface area contributed by atoms with Crippen LogP contribution >= 0.6 is 23.4 Å². The first-order valence-corrected chi connectivity index (χ1v) is 21.5. The Bertz CT molecular complexity index is 1770. The van der Waals surface area contributed by atoms with Gasteiger partial charge in [0.05, 0.1) is 18.5 Å². The summed E-state index contributed by atoms with van der Waals surface area (Å²) in [7, 11) is 1.34. The highest BCUT2D eigenvalue weighted by molar-refractivity contribution is 7.99. The van der Waals surface area contributed by atoms with Crippen LogP contribution in [0.25, 0.3) is 0 Å². The van der Waals surface area contributed by atoms with E-state index in [1.165, 1.54) is 7.11 Å². The predicted octanol–water partition coefficient (Wildman–Crippen LogP) is 6.13. The first kappa shape index (κ1) is 41.7. The molecule has 3 amide bonds. The summed E-state index contributed by atoms with van der Waals surface area (Å²) in [5.74, 6) is -1.37. The smallest absolute Gasteiger partial charge is 0.328 e. The molecule has 7 atom stereocenters. The van der Waals surface area contributed by atoms with Crippen molar-refractivity contribution >= 4 is 47.1 Å². The van der Waals surface area contributed by atoms with Crippen molar-refractivity contribution in [2.75, 3.05) is 19.4 Å². The van der Waals surface area contributed by atoms with Crippen LogP contribution in [0, 0.1) is 11.8 Å². The van der Waals surface area contributed by atoms with Gasteiger partial charge < -0.3 is 25.4 Å². The van der Waals surface area contributed by atoms with E-state index in [0.29, 0.717) is 68.8 Å². The number of thioether (sulfide) groups is 1. The molecule has 0 bridgehead atoms. The number of fused-ring (bicyclic) bond motifs is 1. The summed E-state index contributed by atoms with van der Waals surface area (Å²) < 4.78 is 5.08. The molecule has 3 aromatic carbocycles. The summed E-state index contributed by atoms with van der Waals surface area (Å²) in [4.78, 5) is 59.1. The van der Waals surface area contributed by atoms with Gasteiger partial charge in [0.2, 0.25) is 17.7 Å². The number of nitrogens with zero attached hydrogens (tertiary/aromatic N) is 2. The quantitative estimate of drug-likeness (QED) is 0.166. The molecule has 3 heterocycles. The Morgan fingerprint density at radius 3 is 2.09 bits per heavy atom. The number of carbonyl (C=O) groups is 4. The lowest BCUT2D eigenvalue weighted by atomic mass is 9.86. The standard InChI is InChI=1S/C44H55ClN4O6S/c1-55-44(54)38-20-12-21-39-49(38)43(53)37(24-26-56-39)47-41(51)33(28-31-15-6-3-7-16-31)23-22-32(27-30-13-4-2-5-14-30)40(50)46-36-19-10-11-25-48(42(36)52)29-34-17-8-9-18-35(34)45/h2-9,13-18,32-33,36-39,42,52H,10-12,19-29H2,1H3,(H,46,50)(H,47,51). The average molecular weight is 803 g/mol. The van der Waals surface area contributed by atoms with Crippen molar-refractivity contribution < 1.29 is 29.0 Å². The van der Waals surface area contributed by atoms with Crippen molar-refractivity contribution in [3.63, 3.8) is 0 Å². The van der Waals surface area contributed by atoms with E-state index in [2.05, 4.69) is 10.6 Å². The van der Waals surface area contributed by atoms with Gasteiger partial charge in [0.15, 0.2) is 0 Å². The summed E-state index contributed by atoms with van der Waals surface area (Å²) >= 11 is 8.14. The minimum atomic E-state index is -0.889. The number of piperidine rings is 1. The number of ether oxygens (including phenoxy) is 1. The van der Waals surface area contributed by atoms with E-state index in [0.717, 1.165) is 42.4 Å². The highest BCUT2D eigenvalue weighted by atomic mass is 35.5. The van der Waals surface area contributed by atoms with Gasteiger partial charge in [-0.25, -0.2) is 4.79 Å². The summed E-state index contributed by atoms with van der Waals surface area (Å²) in [6.07, 6.45) is 5.88. The molecule has 12 heteroatoms. The number of halogens is 1. The van der Waals surface area contributed by atoms with Crippen LogP contribution in [-0.4, -0.2) is 87.7 Å². The molecule has 3 aromatic rings. The Labute approximate surface area is 340 Å². The first-order chi connectivity index (χ1) is 27.2. The molecular weight excluding hydrogens is 748 g/mol. The third kappa shape index (κ3) is 10.9. The Morgan fingerprint density at radius 1 is 0.821 bits per heavy atom. The lowest BCUT2D eigenvalue weighted by Crippen LogP contribution is -2.57. The van der Waals surface area contributed by atoms with Crippen LogP contribution in [0.1, 0.15) is 74.5 Å². The average Bonchev–Trinajstić information content (AvgIpc) is 3.49. The van der Waals surface area contributed by atoms with Gasteiger partial charge in [-0.3, -0.25) is 19.3 Å². The minimum absolute atomic E-state index is 0.130. The van der Waals surface area contributed by atoms with Gasteiger partial charge >= 0.3 is 5.97 Å². The normalized spacial score (nSPS) is 24.2. The van der Waals surface area contributed by atoms with Gasteiger partial charge in [0, 0.05) is 29.9 Å². The number of esters is 1. The first-order valence-electron chi connectivity index (χ1n) is 20.1. The molecule has 3 N–H and O–H groups in total. The zero-order chi connectivity index (χ0) is 39.4. The van der Waals surface area contributed by atoms with Gasteiger partial charge in [-0.1, -0.05) is 90.5 Å². The van der Waals surface area contributed by atoms with Gasteiger partial charge in [-0.15, -0.1) is 11.8 Å². The Morgan fingerprint density at radius 2 is 1.45 bits per heavy atom. The fraction of sp³-hybridized carbons (Fsp3) is 0.500. The molecule has 0 spiro atoms. The monoisotopic (exact) mass is 802 g/mol. The molecule has 3 aliphatic rings. The molecule has 0 saturated carbocycles. The zero-order valence-corrected chi connectivity index (χ0v) is 33.8. The summed E-state index contributed by atoms with van der Waals surface area (Å²) in [6, 6.07) is 25.4. The molecule has 300 valence electrons. The molecule has 0 radical (unpaired) electrons. The number of benzene rings is 3. The van der Waals surface area contributed by atoms with Crippen LogP contribution in [0.5, 0.6) is 0 Å². The van der Waals surface area contributed by atoms with Gasteiger partial charge in [0.1, 0.15) is 18.3 Å². The van der Waals surface area contributed by atoms with E-state index in [-0.39, 0.29) is 23.1 Å². The lowest BCUT2D eigenvalue weighted by molar-refractivity contribution is -0.156. The highest BCUT2D eigenvalue weighted by Crippen LogP contribution is 2.35. The second-order valence-electron chi connectivity index (χ2n) is 15.3. The number of likely N-dealkylation sites (tertiary alicyclic amines) is 1. The molecule has 3 aliphatic heterocycles. The molecule has 0 aliphatic carbocycles. The summed E-state index contributed by atoms with van der Waals surface area (Å²) in [5, 5.41) is 18.5. The van der Waals surface area contributed by atoms with Crippen molar-refractivity contribution in [1.29, 1.82) is 0 Å². The van der Waals surface area contributed by atoms with Crippen molar-refractivity contribution in [3.8, 4) is 0 Å². The highest BCUT2D eigenvalue weighted by Gasteiger charge is 2.44. The molecule has 7 unspecified atom stereocenters. The third-order valence-corrected chi connectivity index (χ3v) is 13.2. The summed E-state index contributed by atoms with van der Waals surface area (Å²) in [5.41, 5.74) is 2.92. The molecule has 3 fully saturated rings. The fourth-order valence-corrected chi connectivity index (χ4v) is 9.96. The van der Waals surface area contributed by atoms with Gasteiger partial charge in [0.25, 0.3) is 0 Å². The van der Waals surface area contributed by atoms with Crippen LogP contribution in [0.4, 0.5) is 0 Å². The number of hydrogen-bond donors (Lipinski definition) is 3. The third-order valence-electron chi connectivity index (χ3n) is 11.5. The maximum Gasteiger partial charge on any atom is 0.328 e. The number of methoxy groups -OCH3 is 1. The Balaban J connectivity index is 1.18. The molecule has 3 saturated heterocycles. The second kappa shape index (κ2) is 20.5. The number of nitrogens with one attached hydrogen (secondary N) is 2. The lowest BCUT2D eigenvalue weighted by Gasteiger charge is -2.40. The van der Waals surface area contributed by atoms with Crippen LogP contribution in [0.3, 0.4) is 0 Å². The second-order valence-corrected chi connectivity index (χ2v) is 17.0. The van der Waals surface area contributed by atoms with E-state index >= 15 is 0 Å². The number of carbonyl (C=O) groups excluding carboxylic acids is 4. The van der Waals surface area contributed by atoms with Crippen LogP contribution in [0.15, 0.2) is 84.9 Å². The van der Waals surface area contributed by atoms with E-state index in [1.807, 2.05) is 89.8 Å².